The normalized spacial score (nSPS) is 27.3. The molecule has 0 aromatic rings. The van der Waals surface area contributed by atoms with Crippen LogP contribution in [0.15, 0.2) is 0 Å². The van der Waals surface area contributed by atoms with Gasteiger partial charge in [0, 0.05) is 13.0 Å². The zero-order valence-electron chi connectivity index (χ0n) is 14.9. The third-order valence-corrected chi connectivity index (χ3v) is 9.62. The van der Waals surface area contributed by atoms with E-state index >= 15 is 0 Å². The Morgan fingerprint density at radius 3 is 2.43 bits per heavy atom. The molecule has 0 aromatic carbocycles. The highest BCUT2D eigenvalue weighted by molar-refractivity contribution is 6.74. The van der Waals surface area contributed by atoms with E-state index < -0.39 is 8.32 Å². The summed E-state index contributed by atoms with van der Waals surface area (Å²) in [5.74, 6) is 0. The Bertz CT molecular complexity index is 299. The summed E-state index contributed by atoms with van der Waals surface area (Å²) in [5.41, 5.74) is 0. The van der Waals surface area contributed by atoms with Crippen molar-refractivity contribution >= 4 is 8.32 Å². The van der Waals surface area contributed by atoms with Gasteiger partial charge >= 0.3 is 0 Å². The highest BCUT2D eigenvalue weighted by atomic mass is 28.4. The fourth-order valence-electron chi connectivity index (χ4n) is 2.52. The second-order valence-corrected chi connectivity index (χ2v) is 12.8. The van der Waals surface area contributed by atoms with Crippen LogP contribution in [-0.4, -0.2) is 38.3 Å². The largest absolute Gasteiger partial charge is 0.417 e. The molecule has 0 saturated carbocycles. The minimum absolute atomic E-state index is 0.0230. The Morgan fingerprint density at radius 2 is 1.86 bits per heavy atom. The fourth-order valence-corrected chi connectivity index (χ4v) is 3.61. The van der Waals surface area contributed by atoms with Gasteiger partial charge in [-0.1, -0.05) is 40.5 Å². The molecule has 1 N–H and O–H groups in total. The van der Waals surface area contributed by atoms with Gasteiger partial charge in [0.25, 0.3) is 0 Å². The quantitative estimate of drug-likeness (QED) is 0.529. The van der Waals surface area contributed by atoms with Crippen molar-refractivity contribution < 1.29 is 14.3 Å². The standard InChI is InChI=1S/C17H36O3Si/c1-7-8-10-14-13-15(18)16(20-14)11-9-12-19-21(5,6)17(2,3)4/h14-16,18H,7-13H2,1-6H3/t14-,15-,16-/m0/s1. The fraction of sp³-hybridized carbons (Fsp3) is 1.00. The van der Waals surface area contributed by atoms with Gasteiger partial charge in [-0.05, 0) is 37.4 Å². The van der Waals surface area contributed by atoms with Crippen molar-refractivity contribution in [1.82, 2.24) is 0 Å². The number of rotatable bonds is 8. The molecule has 3 nitrogen and oxygen atoms in total. The predicted molar refractivity (Wildman–Crippen MR) is 91.2 cm³/mol. The van der Waals surface area contributed by atoms with E-state index in [0.717, 1.165) is 32.3 Å². The molecule has 0 radical (unpaired) electrons. The first kappa shape index (κ1) is 19.1. The number of aliphatic hydroxyl groups is 1. The van der Waals surface area contributed by atoms with Crippen LogP contribution in [0.2, 0.25) is 18.1 Å². The summed E-state index contributed by atoms with van der Waals surface area (Å²) in [6.45, 7) is 14.4. The number of hydrogen-bond acceptors (Lipinski definition) is 3. The molecule has 3 atom stereocenters. The molecule has 0 aliphatic carbocycles. The predicted octanol–water partition coefficient (Wildman–Crippen LogP) is 4.50. The van der Waals surface area contributed by atoms with Gasteiger partial charge in [-0.3, -0.25) is 0 Å². The van der Waals surface area contributed by atoms with Gasteiger partial charge < -0.3 is 14.3 Å². The first-order valence-electron chi connectivity index (χ1n) is 8.65. The smallest absolute Gasteiger partial charge is 0.191 e. The van der Waals surface area contributed by atoms with Crippen LogP contribution in [0, 0.1) is 0 Å². The Hall–Kier alpha value is 0.0969. The average Bonchev–Trinajstić information content (AvgIpc) is 2.71. The van der Waals surface area contributed by atoms with Crippen molar-refractivity contribution in [1.29, 1.82) is 0 Å². The van der Waals surface area contributed by atoms with Crippen LogP contribution < -0.4 is 0 Å². The van der Waals surface area contributed by atoms with Gasteiger partial charge in [0.1, 0.15) is 0 Å². The minimum atomic E-state index is -1.63. The number of hydrogen-bond donors (Lipinski definition) is 1. The Balaban J connectivity index is 2.24. The molecular formula is C17H36O3Si. The van der Waals surface area contributed by atoms with Crippen molar-refractivity contribution in [2.45, 2.75) is 103 Å². The maximum atomic E-state index is 10.1. The highest BCUT2D eigenvalue weighted by Gasteiger charge is 2.37. The second-order valence-electron chi connectivity index (χ2n) is 7.99. The molecule has 1 fully saturated rings. The van der Waals surface area contributed by atoms with Crippen molar-refractivity contribution in [2.75, 3.05) is 6.61 Å². The van der Waals surface area contributed by atoms with Crippen molar-refractivity contribution in [2.24, 2.45) is 0 Å². The number of aliphatic hydroxyl groups excluding tert-OH is 1. The van der Waals surface area contributed by atoms with E-state index in [1.54, 1.807) is 0 Å². The summed E-state index contributed by atoms with van der Waals surface area (Å²) in [7, 11) is -1.63. The Labute approximate surface area is 132 Å². The lowest BCUT2D eigenvalue weighted by Gasteiger charge is -2.36. The SMILES string of the molecule is CCCC[C@H]1C[C@H](O)[C@H](CCCO[Si](C)(C)C(C)(C)C)O1. The van der Waals surface area contributed by atoms with Crippen LogP contribution >= 0.6 is 0 Å². The average molecular weight is 317 g/mol. The summed E-state index contributed by atoms with van der Waals surface area (Å²) >= 11 is 0. The van der Waals surface area contributed by atoms with E-state index in [-0.39, 0.29) is 23.4 Å². The second kappa shape index (κ2) is 8.09. The zero-order chi connectivity index (χ0) is 16.1. The van der Waals surface area contributed by atoms with Gasteiger partial charge in [-0.25, -0.2) is 0 Å². The van der Waals surface area contributed by atoms with Crippen LogP contribution in [0.4, 0.5) is 0 Å². The first-order chi connectivity index (χ1) is 9.67. The molecule has 0 amide bonds. The van der Waals surface area contributed by atoms with Crippen molar-refractivity contribution in [3.05, 3.63) is 0 Å². The number of unbranched alkanes of at least 4 members (excludes halogenated alkanes) is 1. The summed E-state index contributed by atoms with van der Waals surface area (Å²) < 4.78 is 12.2. The van der Waals surface area contributed by atoms with E-state index in [1.165, 1.54) is 12.8 Å². The van der Waals surface area contributed by atoms with Gasteiger partial charge in [-0.2, -0.15) is 0 Å². The summed E-state index contributed by atoms with van der Waals surface area (Å²) in [5, 5.41) is 10.4. The van der Waals surface area contributed by atoms with Gasteiger partial charge in [0.05, 0.1) is 18.3 Å². The molecule has 1 aliphatic rings. The number of ether oxygens (including phenoxy) is 1. The monoisotopic (exact) mass is 316 g/mol. The highest BCUT2D eigenvalue weighted by Crippen LogP contribution is 2.36. The molecule has 0 unspecified atom stereocenters. The van der Waals surface area contributed by atoms with E-state index in [0.29, 0.717) is 0 Å². The Kier molecular flexibility index (Phi) is 7.38. The molecule has 1 rings (SSSR count). The molecule has 1 heterocycles. The van der Waals surface area contributed by atoms with E-state index in [4.69, 9.17) is 9.16 Å². The third-order valence-electron chi connectivity index (χ3n) is 5.08. The third kappa shape index (κ3) is 6.01. The molecular weight excluding hydrogens is 280 g/mol. The summed E-state index contributed by atoms with van der Waals surface area (Å²) in [6.07, 6.45) is 6.20. The lowest BCUT2D eigenvalue weighted by atomic mass is 10.0. The lowest BCUT2D eigenvalue weighted by molar-refractivity contribution is -0.000484. The maximum absolute atomic E-state index is 10.1. The molecule has 126 valence electrons. The Morgan fingerprint density at radius 1 is 1.19 bits per heavy atom. The van der Waals surface area contributed by atoms with Crippen LogP contribution in [0.5, 0.6) is 0 Å². The summed E-state index contributed by atoms with van der Waals surface area (Å²) in [4.78, 5) is 0. The summed E-state index contributed by atoms with van der Waals surface area (Å²) in [6, 6.07) is 0. The lowest BCUT2D eigenvalue weighted by Crippen LogP contribution is -2.41. The van der Waals surface area contributed by atoms with E-state index in [9.17, 15) is 5.11 Å². The maximum Gasteiger partial charge on any atom is 0.191 e. The van der Waals surface area contributed by atoms with Crippen LogP contribution in [0.1, 0.15) is 66.2 Å². The molecule has 4 heteroatoms. The van der Waals surface area contributed by atoms with Crippen molar-refractivity contribution in [3.63, 3.8) is 0 Å². The molecule has 0 bridgehead atoms. The van der Waals surface area contributed by atoms with E-state index in [1.807, 2.05) is 0 Å². The molecule has 21 heavy (non-hydrogen) atoms. The van der Waals surface area contributed by atoms with Gasteiger partial charge in [0.15, 0.2) is 8.32 Å². The van der Waals surface area contributed by atoms with E-state index in [2.05, 4.69) is 40.8 Å². The van der Waals surface area contributed by atoms with Gasteiger partial charge in [-0.15, -0.1) is 0 Å². The topological polar surface area (TPSA) is 38.7 Å². The van der Waals surface area contributed by atoms with Gasteiger partial charge in [0.2, 0.25) is 0 Å². The minimum Gasteiger partial charge on any atom is -0.417 e. The molecule has 1 saturated heterocycles. The van der Waals surface area contributed by atoms with Crippen molar-refractivity contribution in [3.8, 4) is 0 Å². The molecule has 0 aromatic heterocycles. The molecule has 1 aliphatic heterocycles. The van der Waals surface area contributed by atoms with Crippen LogP contribution in [0.3, 0.4) is 0 Å². The van der Waals surface area contributed by atoms with Crippen LogP contribution in [-0.2, 0) is 9.16 Å². The molecule has 0 spiro atoms. The zero-order valence-corrected chi connectivity index (χ0v) is 15.9. The first-order valence-corrected chi connectivity index (χ1v) is 11.6. The van der Waals surface area contributed by atoms with Crippen LogP contribution in [0.25, 0.3) is 0 Å².